The van der Waals surface area contributed by atoms with Gasteiger partial charge >= 0.3 is 0 Å². The molecule has 0 saturated carbocycles. The molecule has 0 fully saturated rings. The maximum absolute atomic E-state index is 12.6. The molecule has 27 heavy (non-hydrogen) atoms. The molecule has 7 nitrogen and oxygen atoms in total. The number of hydrogen-bond acceptors (Lipinski definition) is 4. The Kier molecular flexibility index (Phi) is 6.57. The molecule has 0 aliphatic carbocycles. The predicted molar refractivity (Wildman–Crippen MR) is 104 cm³/mol. The van der Waals surface area contributed by atoms with Crippen molar-refractivity contribution in [2.24, 2.45) is 0 Å². The summed E-state index contributed by atoms with van der Waals surface area (Å²) in [7, 11) is -3.85. The lowest BCUT2D eigenvalue weighted by Crippen LogP contribution is -2.44. The van der Waals surface area contributed by atoms with Gasteiger partial charge in [0.25, 0.3) is 15.9 Å². The fourth-order valence-corrected chi connectivity index (χ4v) is 3.49. The molecule has 2 rings (SSSR count). The van der Waals surface area contributed by atoms with Gasteiger partial charge in [-0.25, -0.2) is 8.42 Å². The van der Waals surface area contributed by atoms with E-state index in [4.69, 9.17) is 0 Å². The number of aryl methyl sites for hydroxylation is 1. The lowest BCUT2D eigenvalue weighted by atomic mass is 10.2. The first-order chi connectivity index (χ1) is 12.7. The number of amides is 2. The van der Waals surface area contributed by atoms with Crippen LogP contribution in [0.25, 0.3) is 0 Å². The van der Waals surface area contributed by atoms with E-state index >= 15 is 0 Å². The van der Waals surface area contributed by atoms with Gasteiger partial charge in [0.15, 0.2) is 0 Å². The number of sulfonamides is 1. The van der Waals surface area contributed by atoms with Gasteiger partial charge < -0.3 is 10.6 Å². The van der Waals surface area contributed by atoms with Gasteiger partial charge in [-0.1, -0.05) is 18.2 Å². The highest BCUT2D eigenvalue weighted by atomic mass is 32.2. The first kappa shape index (κ1) is 20.4. The lowest BCUT2D eigenvalue weighted by Gasteiger charge is -2.14. The van der Waals surface area contributed by atoms with Crippen molar-refractivity contribution >= 4 is 27.5 Å². The zero-order valence-corrected chi connectivity index (χ0v) is 16.3. The van der Waals surface area contributed by atoms with Gasteiger partial charge in [-0.15, -0.1) is 0 Å². The van der Waals surface area contributed by atoms with Crippen molar-refractivity contribution in [3.63, 3.8) is 0 Å². The van der Waals surface area contributed by atoms with Gasteiger partial charge in [-0.05, 0) is 56.7 Å². The molecule has 3 N–H and O–H groups in total. The average Bonchev–Trinajstić information content (AvgIpc) is 2.61. The smallest absolute Gasteiger partial charge is 0.261 e. The minimum Gasteiger partial charge on any atom is -0.355 e. The summed E-state index contributed by atoms with van der Waals surface area (Å²) in [6, 6.07) is 11.9. The number of anilines is 1. The van der Waals surface area contributed by atoms with Crippen LogP contribution in [0.15, 0.2) is 53.4 Å². The SMILES string of the molecule is CCNC(=O)[C@H](C)NC(=O)c1cccc(S(=O)(=O)Nc2cccc(C)c2)c1. The molecule has 2 amide bonds. The van der Waals surface area contributed by atoms with Crippen LogP contribution >= 0.6 is 0 Å². The van der Waals surface area contributed by atoms with Gasteiger partial charge in [0.2, 0.25) is 5.91 Å². The Hall–Kier alpha value is -2.87. The fourth-order valence-electron chi connectivity index (χ4n) is 2.40. The first-order valence-corrected chi connectivity index (χ1v) is 9.99. The Balaban J connectivity index is 2.18. The maximum Gasteiger partial charge on any atom is 0.261 e. The molecule has 144 valence electrons. The topological polar surface area (TPSA) is 104 Å². The van der Waals surface area contributed by atoms with Gasteiger partial charge in [0, 0.05) is 17.8 Å². The number of likely N-dealkylation sites (N-methyl/N-ethyl adjacent to an activating group) is 1. The van der Waals surface area contributed by atoms with Crippen LogP contribution in [0.5, 0.6) is 0 Å². The van der Waals surface area contributed by atoms with Crippen molar-refractivity contribution < 1.29 is 18.0 Å². The standard InChI is InChI=1S/C19H23N3O4S/c1-4-20-18(23)14(3)21-19(24)15-8-6-10-17(12-15)27(25,26)22-16-9-5-7-13(2)11-16/h5-12,14,22H,4H2,1-3H3,(H,20,23)(H,21,24)/t14-/m0/s1. The number of nitrogens with one attached hydrogen (secondary N) is 3. The molecule has 2 aromatic carbocycles. The highest BCUT2D eigenvalue weighted by Crippen LogP contribution is 2.18. The summed E-state index contributed by atoms with van der Waals surface area (Å²) in [6.07, 6.45) is 0. The molecule has 0 spiro atoms. The Morgan fingerprint density at radius 3 is 2.44 bits per heavy atom. The second-order valence-corrected chi connectivity index (χ2v) is 7.77. The van der Waals surface area contributed by atoms with Crippen molar-refractivity contribution in [1.82, 2.24) is 10.6 Å². The molecule has 8 heteroatoms. The Labute approximate surface area is 159 Å². The molecule has 0 bridgehead atoms. The van der Waals surface area contributed by atoms with Crippen molar-refractivity contribution in [3.8, 4) is 0 Å². The van der Waals surface area contributed by atoms with Crippen LogP contribution in [0, 0.1) is 6.92 Å². The van der Waals surface area contributed by atoms with Gasteiger partial charge in [-0.3, -0.25) is 14.3 Å². The summed E-state index contributed by atoms with van der Waals surface area (Å²) in [5, 5.41) is 5.16. The second kappa shape index (κ2) is 8.68. The molecule has 2 aromatic rings. The summed E-state index contributed by atoms with van der Waals surface area (Å²) in [5.41, 5.74) is 1.51. The molecular weight excluding hydrogens is 366 g/mol. The number of hydrogen-bond donors (Lipinski definition) is 3. The zero-order valence-electron chi connectivity index (χ0n) is 15.4. The van der Waals surface area contributed by atoms with E-state index in [9.17, 15) is 18.0 Å². The van der Waals surface area contributed by atoms with Crippen LogP contribution in [0.3, 0.4) is 0 Å². The molecule has 0 radical (unpaired) electrons. The quantitative estimate of drug-likeness (QED) is 0.674. The molecule has 0 aliphatic heterocycles. The largest absolute Gasteiger partial charge is 0.355 e. The van der Waals surface area contributed by atoms with Crippen molar-refractivity contribution in [1.29, 1.82) is 0 Å². The van der Waals surface area contributed by atoms with E-state index in [2.05, 4.69) is 15.4 Å². The highest BCUT2D eigenvalue weighted by molar-refractivity contribution is 7.92. The normalized spacial score (nSPS) is 12.1. The van der Waals surface area contributed by atoms with Gasteiger partial charge in [-0.2, -0.15) is 0 Å². The third kappa shape index (κ3) is 5.55. The van der Waals surface area contributed by atoms with E-state index in [1.165, 1.54) is 24.3 Å². The van der Waals surface area contributed by atoms with E-state index < -0.39 is 22.0 Å². The van der Waals surface area contributed by atoms with Crippen LogP contribution in [0.2, 0.25) is 0 Å². The van der Waals surface area contributed by atoms with Crippen LogP contribution in [0.4, 0.5) is 5.69 Å². The van der Waals surface area contributed by atoms with Crippen LogP contribution in [-0.2, 0) is 14.8 Å². The third-order valence-corrected chi connectivity index (χ3v) is 5.15. The molecule has 0 saturated heterocycles. The first-order valence-electron chi connectivity index (χ1n) is 8.51. The summed E-state index contributed by atoms with van der Waals surface area (Å²) in [4.78, 5) is 24.0. The summed E-state index contributed by atoms with van der Waals surface area (Å²) >= 11 is 0. The Morgan fingerprint density at radius 2 is 1.78 bits per heavy atom. The van der Waals surface area contributed by atoms with Crippen molar-refractivity contribution in [2.45, 2.75) is 31.7 Å². The highest BCUT2D eigenvalue weighted by Gasteiger charge is 2.19. The van der Waals surface area contributed by atoms with Crippen LogP contribution < -0.4 is 15.4 Å². The minimum absolute atomic E-state index is 0.0395. The summed E-state index contributed by atoms with van der Waals surface area (Å²) < 4.78 is 27.7. The number of carbonyl (C=O) groups excluding carboxylic acids is 2. The number of rotatable bonds is 7. The van der Waals surface area contributed by atoms with E-state index in [-0.39, 0.29) is 16.4 Å². The van der Waals surface area contributed by atoms with E-state index in [1.54, 1.807) is 32.0 Å². The van der Waals surface area contributed by atoms with Crippen molar-refractivity contribution in [3.05, 3.63) is 59.7 Å². The Morgan fingerprint density at radius 1 is 1.07 bits per heavy atom. The third-order valence-electron chi connectivity index (χ3n) is 3.77. The van der Waals surface area contributed by atoms with Crippen LogP contribution in [0.1, 0.15) is 29.8 Å². The molecule has 0 unspecified atom stereocenters. The molecule has 0 heterocycles. The predicted octanol–water partition coefficient (Wildman–Crippen LogP) is 2.05. The average molecular weight is 389 g/mol. The fraction of sp³-hybridized carbons (Fsp3) is 0.263. The minimum atomic E-state index is -3.85. The van der Waals surface area contributed by atoms with Crippen molar-refractivity contribution in [2.75, 3.05) is 11.3 Å². The summed E-state index contributed by atoms with van der Waals surface area (Å²) in [5.74, 6) is -0.836. The molecule has 0 aliphatic rings. The zero-order chi connectivity index (χ0) is 20.0. The van der Waals surface area contributed by atoms with Gasteiger partial charge in [0.05, 0.1) is 4.90 Å². The second-order valence-electron chi connectivity index (χ2n) is 6.09. The lowest BCUT2D eigenvalue weighted by molar-refractivity contribution is -0.122. The number of benzene rings is 2. The van der Waals surface area contributed by atoms with E-state index in [1.807, 2.05) is 13.0 Å². The van der Waals surface area contributed by atoms with Crippen LogP contribution in [-0.4, -0.2) is 32.8 Å². The molecule has 0 aromatic heterocycles. The van der Waals surface area contributed by atoms with E-state index in [0.717, 1.165) is 5.56 Å². The van der Waals surface area contributed by atoms with E-state index in [0.29, 0.717) is 12.2 Å². The Bertz CT molecular complexity index is 941. The molecule has 1 atom stereocenters. The van der Waals surface area contributed by atoms with Gasteiger partial charge in [0.1, 0.15) is 6.04 Å². The maximum atomic E-state index is 12.6. The number of carbonyl (C=O) groups is 2. The molecular formula is C19H23N3O4S. The summed E-state index contributed by atoms with van der Waals surface area (Å²) in [6.45, 7) is 5.65. The monoisotopic (exact) mass is 389 g/mol.